The molecule has 9 heteroatoms. The third-order valence-corrected chi connectivity index (χ3v) is 2.39. The molecule has 1 aromatic rings. The predicted octanol–water partition coefficient (Wildman–Crippen LogP) is 0.411. The van der Waals surface area contributed by atoms with Gasteiger partial charge in [0.1, 0.15) is 17.1 Å². The SMILES string of the molecule is O=C(O)c1c(F)cc(Cl)c2c1O[B-](O)(O)CO2. The highest BCUT2D eigenvalue weighted by Crippen LogP contribution is 2.42. The number of halogens is 2. The number of hydrogen-bond acceptors (Lipinski definition) is 5. The molecule has 0 radical (unpaired) electrons. The van der Waals surface area contributed by atoms with E-state index in [1.807, 2.05) is 0 Å². The lowest BCUT2D eigenvalue weighted by molar-refractivity contribution is 0.0685. The number of fused-ring (bicyclic) bond motifs is 1. The van der Waals surface area contributed by atoms with E-state index in [4.69, 9.17) is 21.4 Å². The fourth-order valence-corrected chi connectivity index (χ4v) is 1.68. The van der Waals surface area contributed by atoms with Gasteiger partial charge < -0.3 is 24.5 Å². The first-order valence-corrected chi connectivity index (χ1v) is 4.87. The van der Waals surface area contributed by atoms with Crippen LogP contribution in [0.1, 0.15) is 10.4 Å². The Hall–Kier alpha value is -1.51. The zero-order valence-electron chi connectivity index (χ0n) is 8.18. The summed E-state index contributed by atoms with van der Waals surface area (Å²) in [4.78, 5) is 10.8. The lowest BCUT2D eigenvalue weighted by Crippen LogP contribution is -2.51. The zero-order chi connectivity index (χ0) is 12.8. The minimum atomic E-state index is -3.38. The van der Waals surface area contributed by atoms with Gasteiger partial charge in [-0.15, -0.1) is 0 Å². The van der Waals surface area contributed by atoms with Crippen LogP contribution < -0.4 is 9.39 Å². The molecule has 0 spiro atoms. The quantitative estimate of drug-likeness (QED) is 0.635. The van der Waals surface area contributed by atoms with Crippen molar-refractivity contribution in [3.05, 3.63) is 22.5 Å². The molecule has 92 valence electrons. The van der Waals surface area contributed by atoms with Crippen LogP contribution in [0.2, 0.25) is 5.02 Å². The highest BCUT2D eigenvalue weighted by Gasteiger charge is 2.35. The minimum Gasteiger partial charge on any atom is -0.665 e. The van der Waals surface area contributed by atoms with Crippen molar-refractivity contribution in [1.29, 1.82) is 0 Å². The summed E-state index contributed by atoms with van der Waals surface area (Å²) in [5.41, 5.74) is -0.863. The molecule has 6 nitrogen and oxygen atoms in total. The third kappa shape index (κ3) is 2.02. The first-order valence-electron chi connectivity index (χ1n) is 4.49. The van der Waals surface area contributed by atoms with Gasteiger partial charge in [-0.3, -0.25) is 0 Å². The average Bonchev–Trinajstić information content (AvgIpc) is 2.14. The molecule has 1 aliphatic heterocycles. The Balaban J connectivity index is 2.67. The zero-order valence-corrected chi connectivity index (χ0v) is 8.94. The van der Waals surface area contributed by atoms with Gasteiger partial charge in [0.25, 0.3) is 0 Å². The number of hydrogen-bond donors (Lipinski definition) is 3. The van der Waals surface area contributed by atoms with E-state index >= 15 is 0 Å². The maximum absolute atomic E-state index is 13.4. The summed E-state index contributed by atoms with van der Waals surface area (Å²) in [5, 5.41) is 27.0. The molecule has 1 heterocycles. The molecule has 0 bridgehead atoms. The van der Waals surface area contributed by atoms with Crippen molar-refractivity contribution in [1.82, 2.24) is 0 Å². The van der Waals surface area contributed by atoms with Crippen LogP contribution in [0.3, 0.4) is 0 Å². The summed E-state index contributed by atoms with van der Waals surface area (Å²) in [5.74, 6) is -3.64. The van der Waals surface area contributed by atoms with Gasteiger partial charge in [0.05, 0.1) is 11.5 Å². The molecule has 0 saturated heterocycles. The molecule has 1 aromatic carbocycles. The maximum atomic E-state index is 13.4. The number of carboxylic acids is 1. The highest BCUT2D eigenvalue weighted by atomic mass is 35.5. The van der Waals surface area contributed by atoms with Crippen LogP contribution >= 0.6 is 11.6 Å². The lowest BCUT2D eigenvalue weighted by atomic mass is 9.80. The van der Waals surface area contributed by atoms with E-state index in [1.165, 1.54) is 0 Å². The van der Waals surface area contributed by atoms with Gasteiger partial charge in [0, 0.05) is 0 Å². The smallest absolute Gasteiger partial charge is 0.467 e. The molecule has 0 aromatic heterocycles. The van der Waals surface area contributed by atoms with Gasteiger partial charge in [0.2, 0.25) is 0 Å². The van der Waals surface area contributed by atoms with E-state index in [-0.39, 0.29) is 10.8 Å². The maximum Gasteiger partial charge on any atom is 0.467 e. The highest BCUT2D eigenvalue weighted by molar-refractivity contribution is 6.59. The topological polar surface area (TPSA) is 96.2 Å². The second kappa shape index (κ2) is 3.76. The van der Waals surface area contributed by atoms with Crippen molar-refractivity contribution < 1.29 is 33.7 Å². The Bertz CT molecular complexity index is 505. The Labute approximate surface area is 99.2 Å². The largest absolute Gasteiger partial charge is 0.665 e. The summed E-state index contributed by atoms with van der Waals surface area (Å²) in [6, 6.07) is 0.752. The number of carboxylic acid groups (broad SMARTS) is 1. The fraction of sp³-hybridized carbons (Fsp3) is 0.125. The van der Waals surface area contributed by atoms with Crippen molar-refractivity contribution in [2.45, 2.75) is 0 Å². The molecule has 1 aliphatic rings. The molecule has 0 atom stereocenters. The molecule has 17 heavy (non-hydrogen) atoms. The molecule has 0 saturated carbocycles. The number of carbonyl (C=O) groups is 1. The Kier molecular flexibility index (Phi) is 2.65. The van der Waals surface area contributed by atoms with Gasteiger partial charge in [-0.1, -0.05) is 11.6 Å². The molecule has 2 rings (SSSR count). The molecular weight excluding hydrogens is 257 g/mol. The van der Waals surface area contributed by atoms with Crippen molar-refractivity contribution >= 4 is 24.3 Å². The average molecular weight is 263 g/mol. The monoisotopic (exact) mass is 263 g/mol. The normalized spacial score (nSPS) is 16.7. The molecule has 3 N–H and O–H groups in total. The Morgan fingerprint density at radius 3 is 2.71 bits per heavy atom. The summed E-state index contributed by atoms with van der Waals surface area (Å²) in [6.07, 6.45) is 0. The van der Waals surface area contributed by atoms with E-state index in [0.29, 0.717) is 0 Å². The van der Waals surface area contributed by atoms with Crippen molar-refractivity contribution in [2.75, 3.05) is 6.51 Å². The molecule has 0 amide bonds. The molecule has 0 aliphatic carbocycles. The van der Waals surface area contributed by atoms with Crippen LogP contribution in [0.5, 0.6) is 11.5 Å². The van der Waals surface area contributed by atoms with Gasteiger partial charge in [0.15, 0.2) is 5.75 Å². The first kappa shape index (κ1) is 12.0. The predicted molar refractivity (Wildman–Crippen MR) is 54.7 cm³/mol. The third-order valence-electron chi connectivity index (χ3n) is 2.11. The van der Waals surface area contributed by atoms with Crippen LogP contribution in [0.25, 0.3) is 0 Å². The number of ether oxygens (including phenoxy) is 1. The van der Waals surface area contributed by atoms with Gasteiger partial charge in [-0.05, 0) is 6.07 Å². The summed E-state index contributed by atoms with van der Waals surface area (Å²) in [6.45, 7) is -3.99. The number of rotatable bonds is 1. The van der Waals surface area contributed by atoms with Crippen LogP contribution in [0, 0.1) is 5.82 Å². The van der Waals surface area contributed by atoms with Crippen LogP contribution in [0.15, 0.2) is 6.07 Å². The van der Waals surface area contributed by atoms with E-state index in [9.17, 15) is 19.2 Å². The second-order valence-electron chi connectivity index (χ2n) is 3.47. The minimum absolute atomic E-state index is 0.214. The Morgan fingerprint density at radius 1 is 1.47 bits per heavy atom. The first-order chi connectivity index (χ1) is 7.82. The second-order valence-corrected chi connectivity index (χ2v) is 3.87. The van der Waals surface area contributed by atoms with Crippen LogP contribution in [-0.2, 0) is 0 Å². The van der Waals surface area contributed by atoms with E-state index in [0.717, 1.165) is 6.07 Å². The summed E-state index contributed by atoms with van der Waals surface area (Å²) < 4.78 is 22.9. The van der Waals surface area contributed by atoms with Crippen LogP contribution in [0.4, 0.5) is 4.39 Å². The van der Waals surface area contributed by atoms with Crippen molar-refractivity contribution in [3.8, 4) is 11.5 Å². The van der Waals surface area contributed by atoms with Gasteiger partial charge >= 0.3 is 12.7 Å². The number of benzene rings is 1. The van der Waals surface area contributed by atoms with Gasteiger partial charge in [-0.25, -0.2) is 9.18 Å². The van der Waals surface area contributed by atoms with E-state index in [2.05, 4.69) is 4.65 Å². The molecule has 0 fully saturated rings. The van der Waals surface area contributed by atoms with Gasteiger partial charge in [-0.2, -0.15) is 0 Å². The van der Waals surface area contributed by atoms with Crippen molar-refractivity contribution in [2.24, 2.45) is 0 Å². The Morgan fingerprint density at radius 2 is 2.12 bits per heavy atom. The summed E-state index contributed by atoms with van der Waals surface area (Å²) in [7, 11) is 0. The fourth-order valence-electron chi connectivity index (χ4n) is 1.44. The van der Waals surface area contributed by atoms with Crippen LogP contribution in [-0.4, -0.2) is 34.4 Å². The van der Waals surface area contributed by atoms with E-state index < -0.39 is 36.4 Å². The standard InChI is InChI=1S/C8H6BClFO6/c10-3-1-4(11)5(8(12)13)7-6(3)16-2-9(14,15)17-7/h1,14-15H,2H2,(H,12,13)/q-1. The molecule has 0 unspecified atom stereocenters. The number of aromatic carboxylic acids is 1. The summed E-state index contributed by atoms with van der Waals surface area (Å²) >= 11 is 5.62. The van der Waals surface area contributed by atoms with Crippen molar-refractivity contribution in [3.63, 3.8) is 0 Å². The van der Waals surface area contributed by atoms with E-state index in [1.54, 1.807) is 0 Å². The lowest BCUT2D eigenvalue weighted by Gasteiger charge is -2.37. The molecular formula is C8H6BClFO6-.